The second-order valence-corrected chi connectivity index (χ2v) is 6.86. The number of ether oxygens (including phenoxy) is 1. The molecule has 0 fully saturated rings. The fourth-order valence-corrected chi connectivity index (χ4v) is 3.02. The predicted octanol–water partition coefficient (Wildman–Crippen LogP) is 3.56. The number of carbonyl (C=O) groups is 1. The number of halogens is 1. The zero-order valence-corrected chi connectivity index (χ0v) is 16.1. The maximum Gasteiger partial charge on any atom is 0.274 e. The molecule has 0 aliphatic carbocycles. The highest BCUT2D eigenvalue weighted by Crippen LogP contribution is 2.28. The van der Waals surface area contributed by atoms with E-state index in [1.54, 1.807) is 43.4 Å². The summed E-state index contributed by atoms with van der Waals surface area (Å²) in [6.07, 6.45) is 0.0447. The van der Waals surface area contributed by atoms with Crippen LogP contribution >= 0.6 is 11.6 Å². The molecule has 27 heavy (non-hydrogen) atoms. The van der Waals surface area contributed by atoms with Crippen LogP contribution in [-0.4, -0.2) is 21.8 Å². The largest absolute Gasteiger partial charge is 0.489 e. The first-order valence-electron chi connectivity index (χ1n) is 8.56. The van der Waals surface area contributed by atoms with Crippen molar-refractivity contribution < 1.29 is 9.53 Å². The molecule has 0 saturated heterocycles. The van der Waals surface area contributed by atoms with Crippen LogP contribution in [0.1, 0.15) is 19.5 Å². The normalized spacial score (nSPS) is 11.0. The molecule has 0 radical (unpaired) electrons. The molecule has 0 atom stereocenters. The van der Waals surface area contributed by atoms with Crippen LogP contribution in [0.15, 0.2) is 47.3 Å². The summed E-state index contributed by atoms with van der Waals surface area (Å²) in [7, 11) is 1.57. The van der Waals surface area contributed by atoms with Gasteiger partial charge in [0.1, 0.15) is 5.75 Å². The lowest BCUT2D eigenvalue weighted by atomic mass is 10.1. The Morgan fingerprint density at radius 3 is 2.59 bits per heavy atom. The first-order chi connectivity index (χ1) is 12.8. The van der Waals surface area contributed by atoms with Crippen molar-refractivity contribution in [3.05, 3.63) is 63.5 Å². The molecular weight excluding hydrogens is 366 g/mol. The van der Waals surface area contributed by atoms with Crippen molar-refractivity contribution in [2.24, 2.45) is 7.05 Å². The molecule has 2 aromatic carbocycles. The standard InChI is InChI=1S/C20H20ClN3O3/c1-12(2)27-18-9-8-13(10-16(18)21)22-19(25)11-17-14-6-4-5-7-15(14)20(26)24(3)23-17/h4-10,12H,11H2,1-3H3,(H,22,25). The molecule has 0 aliphatic rings. The van der Waals surface area contributed by atoms with Gasteiger partial charge in [-0.1, -0.05) is 29.8 Å². The highest BCUT2D eigenvalue weighted by molar-refractivity contribution is 6.32. The molecule has 0 saturated carbocycles. The lowest BCUT2D eigenvalue weighted by Gasteiger charge is -2.13. The third-order valence-corrected chi connectivity index (χ3v) is 4.23. The number of hydrogen-bond donors (Lipinski definition) is 1. The fourth-order valence-electron chi connectivity index (χ4n) is 2.79. The lowest BCUT2D eigenvalue weighted by molar-refractivity contribution is -0.115. The summed E-state index contributed by atoms with van der Waals surface area (Å²) >= 11 is 6.21. The average Bonchev–Trinajstić information content (AvgIpc) is 2.61. The second kappa shape index (κ2) is 7.80. The van der Waals surface area contributed by atoms with Gasteiger partial charge >= 0.3 is 0 Å². The molecule has 0 spiro atoms. The lowest BCUT2D eigenvalue weighted by Crippen LogP contribution is -2.24. The van der Waals surface area contributed by atoms with Crippen molar-refractivity contribution in [2.45, 2.75) is 26.4 Å². The van der Waals surface area contributed by atoms with Crippen LogP contribution in [0.5, 0.6) is 5.75 Å². The summed E-state index contributed by atoms with van der Waals surface area (Å²) < 4.78 is 6.84. The number of rotatable bonds is 5. The van der Waals surface area contributed by atoms with E-state index in [1.807, 2.05) is 19.9 Å². The Morgan fingerprint density at radius 1 is 1.22 bits per heavy atom. The van der Waals surface area contributed by atoms with Gasteiger partial charge in [-0.15, -0.1) is 0 Å². The number of amides is 1. The van der Waals surface area contributed by atoms with Crippen molar-refractivity contribution in [1.29, 1.82) is 0 Å². The van der Waals surface area contributed by atoms with E-state index in [0.717, 1.165) is 0 Å². The van der Waals surface area contributed by atoms with Gasteiger partial charge in [0, 0.05) is 18.1 Å². The van der Waals surface area contributed by atoms with E-state index in [0.29, 0.717) is 32.9 Å². The third kappa shape index (κ3) is 4.28. The quantitative estimate of drug-likeness (QED) is 0.728. The summed E-state index contributed by atoms with van der Waals surface area (Å²) in [6.45, 7) is 3.83. The zero-order chi connectivity index (χ0) is 19.6. The van der Waals surface area contributed by atoms with Crippen molar-refractivity contribution in [1.82, 2.24) is 9.78 Å². The van der Waals surface area contributed by atoms with Crippen LogP contribution in [0.4, 0.5) is 5.69 Å². The fraction of sp³-hybridized carbons (Fsp3) is 0.250. The maximum absolute atomic E-state index is 12.5. The van der Waals surface area contributed by atoms with E-state index in [4.69, 9.17) is 16.3 Å². The topological polar surface area (TPSA) is 73.2 Å². The van der Waals surface area contributed by atoms with Gasteiger partial charge in [0.05, 0.1) is 28.6 Å². The molecule has 1 amide bonds. The highest BCUT2D eigenvalue weighted by atomic mass is 35.5. The summed E-state index contributed by atoms with van der Waals surface area (Å²) in [4.78, 5) is 24.7. The Kier molecular flexibility index (Phi) is 5.46. The molecule has 1 heterocycles. The molecule has 140 valence electrons. The Hall–Kier alpha value is -2.86. The van der Waals surface area contributed by atoms with Gasteiger partial charge in [-0.05, 0) is 38.1 Å². The van der Waals surface area contributed by atoms with Gasteiger partial charge in [0.2, 0.25) is 5.91 Å². The summed E-state index contributed by atoms with van der Waals surface area (Å²) in [6, 6.07) is 12.2. The number of aromatic nitrogens is 2. The zero-order valence-electron chi connectivity index (χ0n) is 15.3. The monoisotopic (exact) mass is 385 g/mol. The Bertz CT molecular complexity index is 1060. The number of carbonyl (C=O) groups excluding carboxylic acids is 1. The minimum atomic E-state index is -0.250. The molecule has 1 aromatic heterocycles. The maximum atomic E-state index is 12.5. The Morgan fingerprint density at radius 2 is 1.93 bits per heavy atom. The average molecular weight is 386 g/mol. The second-order valence-electron chi connectivity index (χ2n) is 6.46. The van der Waals surface area contributed by atoms with Crippen molar-refractivity contribution in [3.63, 3.8) is 0 Å². The van der Waals surface area contributed by atoms with E-state index >= 15 is 0 Å². The van der Waals surface area contributed by atoms with E-state index in [9.17, 15) is 9.59 Å². The van der Waals surface area contributed by atoms with E-state index in [-0.39, 0.29) is 24.0 Å². The van der Waals surface area contributed by atoms with Gasteiger partial charge in [0.25, 0.3) is 5.56 Å². The van der Waals surface area contributed by atoms with Crippen molar-refractivity contribution in [2.75, 3.05) is 5.32 Å². The molecule has 7 heteroatoms. The summed E-state index contributed by atoms with van der Waals surface area (Å²) in [5, 5.41) is 8.69. The van der Waals surface area contributed by atoms with Crippen LogP contribution in [0.25, 0.3) is 10.8 Å². The van der Waals surface area contributed by atoms with Gasteiger partial charge < -0.3 is 10.1 Å². The first kappa shape index (κ1) is 18.9. The predicted molar refractivity (Wildman–Crippen MR) is 107 cm³/mol. The third-order valence-electron chi connectivity index (χ3n) is 3.94. The van der Waals surface area contributed by atoms with Gasteiger partial charge in [-0.3, -0.25) is 9.59 Å². The van der Waals surface area contributed by atoms with E-state index < -0.39 is 0 Å². The first-order valence-corrected chi connectivity index (χ1v) is 8.94. The number of benzene rings is 2. The van der Waals surface area contributed by atoms with Crippen molar-refractivity contribution >= 4 is 34.0 Å². The minimum Gasteiger partial charge on any atom is -0.489 e. The van der Waals surface area contributed by atoms with E-state index in [2.05, 4.69) is 10.4 Å². The SMILES string of the molecule is CC(C)Oc1ccc(NC(=O)Cc2nn(C)c(=O)c3ccccc23)cc1Cl. The minimum absolute atomic E-state index is 0.00650. The van der Waals surface area contributed by atoms with Crippen LogP contribution in [0.2, 0.25) is 5.02 Å². The van der Waals surface area contributed by atoms with Gasteiger partial charge in [0.15, 0.2) is 0 Å². The smallest absolute Gasteiger partial charge is 0.274 e. The number of aryl methyl sites for hydroxylation is 1. The summed E-state index contributed by atoms with van der Waals surface area (Å²) in [5.74, 6) is 0.315. The van der Waals surface area contributed by atoms with Crippen LogP contribution in [0.3, 0.4) is 0 Å². The van der Waals surface area contributed by atoms with E-state index in [1.165, 1.54) is 4.68 Å². The van der Waals surface area contributed by atoms with Crippen LogP contribution < -0.4 is 15.6 Å². The Balaban J connectivity index is 1.81. The van der Waals surface area contributed by atoms with Crippen LogP contribution in [0, 0.1) is 0 Å². The van der Waals surface area contributed by atoms with Gasteiger partial charge in [-0.25, -0.2) is 4.68 Å². The number of fused-ring (bicyclic) bond motifs is 1. The Labute approximate surface area is 161 Å². The number of nitrogens with one attached hydrogen (secondary N) is 1. The molecule has 1 N–H and O–H groups in total. The highest BCUT2D eigenvalue weighted by Gasteiger charge is 2.13. The number of hydrogen-bond acceptors (Lipinski definition) is 4. The molecule has 3 aromatic rings. The number of anilines is 1. The molecular formula is C20H20ClN3O3. The molecule has 3 rings (SSSR count). The molecule has 0 bridgehead atoms. The van der Waals surface area contributed by atoms with Crippen LogP contribution in [-0.2, 0) is 18.3 Å². The molecule has 0 aliphatic heterocycles. The summed E-state index contributed by atoms with van der Waals surface area (Å²) in [5.41, 5.74) is 0.911. The molecule has 0 unspecified atom stereocenters. The van der Waals surface area contributed by atoms with Gasteiger partial charge in [-0.2, -0.15) is 5.10 Å². The van der Waals surface area contributed by atoms with Crippen molar-refractivity contribution in [3.8, 4) is 5.75 Å². The molecule has 6 nitrogen and oxygen atoms in total. The number of nitrogens with zero attached hydrogens (tertiary/aromatic N) is 2.